The third-order valence-electron chi connectivity index (χ3n) is 3.70. The Morgan fingerprint density at radius 3 is 2.45 bits per heavy atom. The third kappa shape index (κ3) is 5.12. The summed E-state index contributed by atoms with van der Waals surface area (Å²) < 4.78 is 0. The first kappa shape index (κ1) is 17.0. The largest absolute Gasteiger partial charge is 0.347 e. The van der Waals surface area contributed by atoms with Crippen molar-refractivity contribution in [2.75, 3.05) is 27.2 Å². The van der Waals surface area contributed by atoms with Gasteiger partial charge in [0.05, 0.1) is 5.92 Å². The molecule has 116 valence electrons. The molecule has 2 N–H and O–H groups in total. The molecule has 1 aliphatic heterocycles. The van der Waals surface area contributed by atoms with Crippen LogP contribution >= 0.6 is 0 Å². The third-order valence-corrected chi connectivity index (χ3v) is 3.70. The monoisotopic (exact) mass is 283 g/mol. The van der Waals surface area contributed by atoms with E-state index in [4.69, 9.17) is 0 Å². The van der Waals surface area contributed by atoms with Crippen LogP contribution in [0.4, 0.5) is 0 Å². The highest BCUT2D eigenvalue weighted by atomic mass is 16.2. The number of carbonyl (C=O) groups is 2. The molecule has 0 saturated carbocycles. The topological polar surface area (TPSA) is 61.4 Å². The minimum absolute atomic E-state index is 0.00454. The Labute approximate surface area is 122 Å². The highest BCUT2D eigenvalue weighted by Crippen LogP contribution is 2.17. The van der Waals surface area contributed by atoms with Crippen LogP contribution in [0.3, 0.4) is 0 Å². The zero-order chi connectivity index (χ0) is 15.3. The quantitative estimate of drug-likeness (QED) is 0.786. The van der Waals surface area contributed by atoms with Gasteiger partial charge < -0.3 is 15.5 Å². The van der Waals surface area contributed by atoms with Gasteiger partial charge in [0.2, 0.25) is 11.8 Å². The first-order chi connectivity index (χ1) is 9.31. The molecule has 2 amide bonds. The van der Waals surface area contributed by atoms with Gasteiger partial charge in [0.25, 0.3) is 0 Å². The highest BCUT2D eigenvalue weighted by molar-refractivity contribution is 5.88. The number of amides is 2. The fourth-order valence-electron chi connectivity index (χ4n) is 2.65. The average molecular weight is 283 g/mol. The number of piperidine rings is 1. The van der Waals surface area contributed by atoms with E-state index in [0.29, 0.717) is 24.8 Å². The van der Waals surface area contributed by atoms with Gasteiger partial charge in [-0.25, -0.2) is 0 Å². The van der Waals surface area contributed by atoms with Crippen molar-refractivity contribution in [3.8, 4) is 0 Å². The molecule has 1 rings (SSSR count). The zero-order valence-electron chi connectivity index (χ0n) is 13.4. The highest BCUT2D eigenvalue weighted by Gasteiger charge is 2.29. The van der Waals surface area contributed by atoms with Gasteiger partial charge in [-0.1, -0.05) is 20.8 Å². The molecule has 1 saturated heterocycles. The molecule has 0 radical (unpaired) electrons. The molecule has 0 bridgehead atoms. The summed E-state index contributed by atoms with van der Waals surface area (Å²) in [6.07, 6.45) is 1.57. The number of nitrogens with zero attached hydrogens (tertiary/aromatic N) is 1. The fraction of sp³-hybridized carbons (Fsp3) is 0.867. The lowest BCUT2D eigenvalue weighted by Gasteiger charge is -2.29. The maximum absolute atomic E-state index is 12.3. The number of likely N-dealkylation sites (N-methyl/N-ethyl adjacent to an activating group) is 1. The Morgan fingerprint density at radius 1 is 1.30 bits per heavy atom. The van der Waals surface area contributed by atoms with Gasteiger partial charge in [0.15, 0.2) is 0 Å². The Kier molecular flexibility index (Phi) is 6.46. The lowest BCUT2D eigenvalue weighted by atomic mass is 9.90. The summed E-state index contributed by atoms with van der Waals surface area (Å²) >= 11 is 0. The molecule has 2 unspecified atom stereocenters. The van der Waals surface area contributed by atoms with Crippen LogP contribution in [-0.4, -0.2) is 49.9 Å². The zero-order valence-corrected chi connectivity index (χ0v) is 13.4. The van der Waals surface area contributed by atoms with Gasteiger partial charge >= 0.3 is 0 Å². The van der Waals surface area contributed by atoms with Gasteiger partial charge in [-0.2, -0.15) is 0 Å². The first-order valence-corrected chi connectivity index (χ1v) is 7.53. The van der Waals surface area contributed by atoms with Gasteiger partial charge in [-0.3, -0.25) is 9.59 Å². The smallest absolute Gasteiger partial charge is 0.244 e. The molecule has 0 aromatic carbocycles. The molecule has 3 atom stereocenters. The van der Waals surface area contributed by atoms with Crippen LogP contribution in [-0.2, 0) is 9.59 Å². The molecule has 0 aliphatic carbocycles. The SMILES string of the molecule is CC(C)CC(NC(=O)[C@@H]1CNCC(C)C1)C(=O)N(C)C. The maximum Gasteiger partial charge on any atom is 0.244 e. The first-order valence-electron chi connectivity index (χ1n) is 7.53. The van der Waals surface area contributed by atoms with Gasteiger partial charge in [0, 0.05) is 20.6 Å². The van der Waals surface area contributed by atoms with Gasteiger partial charge in [-0.05, 0) is 31.2 Å². The summed E-state index contributed by atoms with van der Waals surface area (Å²) in [7, 11) is 3.46. The van der Waals surface area contributed by atoms with E-state index >= 15 is 0 Å². The second-order valence-electron chi connectivity index (χ2n) is 6.62. The predicted molar refractivity (Wildman–Crippen MR) is 80.2 cm³/mol. The average Bonchev–Trinajstić information content (AvgIpc) is 2.36. The minimum atomic E-state index is -0.408. The van der Waals surface area contributed by atoms with Crippen LogP contribution in [0.25, 0.3) is 0 Å². The second-order valence-corrected chi connectivity index (χ2v) is 6.62. The van der Waals surface area contributed by atoms with Crippen LogP contribution in [0.5, 0.6) is 0 Å². The van der Waals surface area contributed by atoms with E-state index in [1.165, 1.54) is 0 Å². The van der Waals surface area contributed by atoms with Crippen LogP contribution in [0, 0.1) is 17.8 Å². The molecule has 20 heavy (non-hydrogen) atoms. The van der Waals surface area contributed by atoms with Crippen molar-refractivity contribution < 1.29 is 9.59 Å². The summed E-state index contributed by atoms with van der Waals surface area (Å²) in [4.78, 5) is 26.0. The van der Waals surface area contributed by atoms with Crippen molar-refractivity contribution in [1.82, 2.24) is 15.5 Å². The molecule has 0 aromatic rings. The number of hydrogen-bond acceptors (Lipinski definition) is 3. The Bertz CT molecular complexity index is 342. The van der Waals surface area contributed by atoms with Crippen LogP contribution < -0.4 is 10.6 Å². The lowest BCUT2D eigenvalue weighted by Crippen LogP contribution is -2.51. The number of rotatable bonds is 5. The maximum atomic E-state index is 12.3. The van der Waals surface area contributed by atoms with Crippen molar-refractivity contribution in [3.63, 3.8) is 0 Å². The Morgan fingerprint density at radius 2 is 1.95 bits per heavy atom. The molecule has 5 nitrogen and oxygen atoms in total. The van der Waals surface area contributed by atoms with E-state index in [9.17, 15) is 9.59 Å². The standard InChI is InChI=1S/C15H29N3O2/c1-10(2)6-13(15(20)18(4)5)17-14(19)12-7-11(3)8-16-9-12/h10-13,16H,6-9H2,1-5H3,(H,17,19)/t11?,12-,13?/m0/s1. The van der Waals surface area contributed by atoms with Crippen molar-refractivity contribution in [1.29, 1.82) is 0 Å². The van der Waals surface area contributed by atoms with Gasteiger partial charge in [0.1, 0.15) is 6.04 Å². The van der Waals surface area contributed by atoms with Crippen LogP contribution in [0.2, 0.25) is 0 Å². The summed E-state index contributed by atoms with van der Waals surface area (Å²) in [5.41, 5.74) is 0. The molecular formula is C15H29N3O2. The summed E-state index contributed by atoms with van der Waals surface area (Å²) in [6, 6.07) is -0.408. The molecule has 1 aliphatic rings. The van der Waals surface area contributed by atoms with Crippen LogP contribution in [0.15, 0.2) is 0 Å². The van der Waals surface area contributed by atoms with Crippen molar-refractivity contribution in [2.24, 2.45) is 17.8 Å². The molecule has 0 spiro atoms. The molecule has 0 aromatic heterocycles. The van der Waals surface area contributed by atoms with E-state index in [1.807, 2.05) is 0 Å². The van der Waals surface area contributed by atoms with Gasteiger partial charge in [-0.15, -0.1) is 0 Å². The second kappa shape index (κ2) is 7.62. The Hall–Kier alpha value is -1.10. The lowest BCUT2D eigenvalue weighted by molar-refractivity contribution is -0.136. The van der Waals surface area contributed by atoms with E-state index in [-0.39, 0.29) is 17.7 Å². The van der Waals surface area contributed by atoms with Crippen molar-refractivity contribution in [2.45, 2.75) is 39.7 Å². The predicted octanol–water partition coefficient (Wildman–Crippen LogP) is 0.851. The number of nitrogens with one attached hydrogen (secondary N) is 2. The van der Waals surface area contributed by atoms with E-state index < -0.39 is 6.04 Å². The molecule has 1 fully saturated rings. The molecule has 1 heterocycles. The summed E-state index contributed by atoms with van der Waals surface area (Å²) in [6.45, 7) is 7.94. The summed E-state index contributed by atoms with van der Waals surface area (Å²) in [5, 5.41) is 6.22. The van der Waals surface area contributed by atoms with Crippen molar-refractivity contribution >= 4 is 11.8 Å². The van der Waals surface area contributed by atoms with E-state index in [1.54, 1.807) is 19.0 Å². The number of hydrogen-bond donors (Lipinski definition) is 2. The van der Waals surface area contributed by atoms with Crippen LogP contribution in [0.1, 0.15) is 33.6 Å². The minimum Gasteiger partial charge on any atom is -0.347 e. The fourth-order valence-corrected chi connectivity index (χ4v) is 2.65. The van der Waals surface area contributed by atoms with E-state index in [2.05, 4.69) is 31.4 Å². The normalized spacial score (nSPS) is 24.3. The Balaban J connectivity index is 2.63. The molecular weight excluding hydrogens is 254 g/mol. The summed E-state index contributed by atoms with van der Waals surface area (Å²) in [5.74, 6) is 0.831. The number of carbonyl (C=O) groups excluding carboxylic acids is 2. The van der Waals surface area contributed by atoms with Crippen molar-refractivity contribution in [3.05, 3.63) is 0 Å². The van der Waals surface area contributed by atoms with E-state index in [0.717, 1.165) is 13.0 Å². The molecule has 5 heteroatoms.